The predicted molar refractivity (Wildman–Crippen MR) is 81.2 cm³/mol. The van der Waals surface area contributed by atoms with Crippen LogP contribution in [0.15, 0.2) is 24.3 Å². The Balaban J connectivity index is 2.18. The first-order valence-electron chi connectivity index (χ1n) is 6.40. The van der Waals surface area contributed by atoms with Crippen LogP contribution in [0.5, 0.6) is 0 Å². The summed E-state index contributed by atoms with van der Waals surface area (Å²) in [5, 5.41) is 2.98. The number of hydrogen-bond acceptors (Lipinski definition) is 3. The lowest BCUT2D eigenvalue weighted by molar-refractivity contribution is -0.121. The van der Waals surface area contributed by atoms with Crippen LogP contribution in [0.1, 0.15) is 18.9 Å². The van der Waals surface area contributed by atoms with Crippen molar-refractivity contribution in [1.82, 2.24) is 4.90 Å². The molecule has 1 heterocycles. The number of likely N-dealkylation sites (N-methyl/N-ethyl adjacent to an activating group) is 1. The number of benzene rings is 1. The molecule has 5 heteroatoms. The number of rotatable bonds is 3. The monoisotopic (exact) mass is 277 g/mol. The quantitative estimate of drug-likeness (QED) is 0.823. The number of nitrogens with one attached hydrogen (secondary N) is 1. The second-order valence-corrected chi connectivity index (χ2v) is 5.42. The first kappa shape index (κ1) is 14.0. The lowest BCUT2D eigenvalue weighted by Crippen LogP contribution is -2.49. The van der Waals surface area contributed by atoms with Crippen LogP contribution >= 0.6 is 12.2 Å². The molecule has 1 aliphatic rings. The van der Waals surface area contributed by atoms with Crippen LogP contribution in [-0.4, -0.2) is 34.9 Å². The number of para-hydroxylation sites is 1. The zero-order chi connectivity index (χ0) is 14.0. The van der Waals surface area contributed by atoms with Gasteiger partial charge in [-0.25, -0.2) is 0 Å². The van der Waals surface area contributed by atoms with Gasteiger partial charge in [-0.15, -0.1) is 0 Å². The summed E-state index contributed by atoms with van der Waals surface area (Å²) >= 11 is 5.01. The third kappa shape index (κ3) is 2.93. The maximum absolute atomic E-state index is 12.3. The number of hydrogen-bond donors (Lipinski definition) is 2. The molecule has 3 N–H and O–H groups in total. The summed E-state index contributed by atoms with van der Waals surface area (Å²) in [6.45, 7) is 1.92. The average Bonchev–Trinajstić information content (AvgIpc) is 2.55. The molecule has 0 fully saturated rings. The van der Waals surface area contributed by atoms with E-state index in [1.807, 2.05) is 37.1 Å². The van der Waals surface area contributed by atoms with Crippen molar-refractivity contribution in [3.05, 3.63) is 29.8 Å². The van der Waals surface area contributed by atoms with Crippen molar-refractivity contribution in [1.29, 1.82) is 0 Å². The van der Waals surface area contributed by atoms with E-state index in [1.54, 1.807) is 0 Å². The fraction of sp³-hybridized carbons (Fsp3) is 0.429. The molecule has 4 nitrogen and oxygen atoms in total. The molecule has 1 amide bonds. The molecule has 0 radical (unpaired) electrons. The fourth-order valence-corrected chi connectivity index (χ4v) is 2.53. The normalized spacial score (nSPS) is 20.4. The number of nitrogens with zero attached hydrogens (tertiary/aromatic N) is 1. The van der Waals surface area contributed by atoms with Crippen LogP contribution in [-0.2, 0) is 11.2 Å². The Bertz CT molecular complexity index is 503. The van der Waals surface area contributed by atoms with Gasteiger partial charge in [0.15, 0.2) is 0 Å². The number of amides is 1. The van der Waals surface area contributed by atoms with E-state index in [1.165, 1.54) is 5.56 Å². The first-order chi connectivity index (χ1) is 9.00. The zero-order valence-electron chi connectivity index (χ0n) is 11.2. The zero-order valence-corrected chi connectivity index (χ0v) is 12.0. The summed E-state index contributed by atoms with van der Waals surface area (Å²) in [4.78, 5) is 14.7. The average molecular weight is 277 g/mol. The SMILES string of the molecule is CC(C(N)=S)N(C)C1CCc2ccccc2NC1=O. The van der Waals surface area contributed by atoms with Gasteiger partial charge in [-0.1, -0.05) is 30.4 Å². The molecule has 0 aromatic heterocycles. The van der Waals surface area contributed by atoms with Crippen LogP contribution in [0.3, 0.4) is 0 Å². The molecule has 0 saturated heterocycles. The second-order valence-electron chi connectivity index (χ2n) is 4.94. The van der Waals surface area contributed by atoms with E-state index in [9.17, 15) is 4.79 Å². The maximum Gasteiger partial charge on any atom is 0.241 e. The molecule has 0 aliphatic carbocycles. The Hall–Kier alpha value is -1.46. The van der Waals surface area contributed by atoms with Crippen LogP contribution in [0.4, 0.5) is 5.69 Å². The van der Waals surface area contributed by atoms with Crippen molar-refractivity contribution in [3.8, 4) is 0 Å². The van der Waals surface area contributed by atoms with Crippen LogP contribution in [0.25, 0.3) is 0 Å². The van der Waals surface area contributed by atoms with E-state index in [0.717, 1.165) is 18.5 Å². The number of carbonyl (C=O) groups excluding carboxylic acids is 1. The summed E-state index contributed by atoms with van der Waals surface area (Å²) in [6.07, 6.45) is 1.64. The molecule has 2 unspecified atom stereocenters. The molecule has 1 aromatic rings. The number of nitrogens with two attached hydrogens (primary N) is 1. The lowest BCUT2D eigenvalue weighted by Gasteiger charge is -2.30. The highest BCUT2D eigenvalue weighted by Crippen LogP contribution is 2.23. The Morgan fingerprint density at radius 3 is 2.89 bits per heavy atom. The van der Waals surface area contributed by atoms with Gasteiger partial charge in [0.1, 0.15) is 0 Å². The third-order valence-electron chi connectivity index (χ3n) is 3.78. The molecule has 2 rings (SSSR count). The molecular weight excluding hydrogens is 258 g/mol. The third-order valence-corrected chi connectivity index (χ3v) is 4.12. The van der Waals surface area contributed by atoms with E-state index in [4.69, 9.17) is 18.0 Å². The minimum atomic E-state index is -0.205. The minimum absolute atomic E-state index is 0.00977. The molecule has 0 bridgehead atoms. The van der Waals surface area contributed by atoms with Crippen LogP contribution in [0, 0.1) is 0 Å². The summed E-state index contributed by atoms with van der Waals surface area (Å²) in [7, 11) is 1.89. The van der Waals surface area contributed by atoms with Crippen LogP contribution in [0.2, 0.25) is 0 Å². The highest BCUT2D eigenvalue weighted by Gasteiger charge is 2.30. The molecule has 102 valence electrons. The number of carbonyl (C=O) groups is 1. The van der Waals surface area contributed by atoms with Gasteiger partial charge in [-0.2, -0.15) is 0 Å². The molecule has 0 saturated carbocycles. The van der Waals surface area contributed by atoms with Crippen LogP contribution < -0.4 is 11.1 Å². The van der Waals surface area contributed by atoms with Crippen molar-refractivity contribution in [2.75, 3.05) is 12.4 Å². The molecule has 0 spiro atoms. The van der Waals surface area contributed by atoms with Gasteiger partial charge in [-0.3, -0.25) is 9.69 Å². The van der Waals surface area contributed by atoms with Gasteiger partial charge >= 0.3 is 0 Å². The van der Waals surface area contributed by atoms with Crippen molar-refractivity contribution < 1.29 is 4.79 Å². The van der Waals surface area contributed by atoms with Crippen molar-refractivity contribution in [2.45, 2.75) is 31.8 Å². The van der Waals surface area contributed by atoms with Gasteiger partial charge in [0.05, 0.1) is 17.1 Å². The Kier molecular flexibility index (Phi) is 4.17. The molecule has 1 aromatic carbocycles. The molecular formula is C14H19N3OS. The van der Waals surface area contributed by atoms with Gasteiger partial charge < -0.3 is 11.1 Å². The van der Waals surface area contributed by atoms with E-state index in [0.29, 0.717) is 4.99 Å². The molecule has 1 aliphatic heterocycles. The Morgan fingerprint density at radius 2 is 2.21 bits per heavy atom. The van der Waals surface area contributed by atoms with E-state index in [-0.39, 0.29) is 18.0 Å². The van der Waals surface area contributed by atoms with Gasteiger partial charge in [0.2, 0.25) is 5.91 Å². The number of aryl methyl sites for hydroxylation is 1. The number of fused-ring (bicyclic) bond motifs is 1. The topological polar surface area (TPSA) is 58.4 Å². The van der Waals surface area contributed by atoms with Crippen molar-refractivity contribution >= 4 is 28.8 Å². The summed E-state index contributed by atoms with van der Waals surface area (Å²) < 4.78 is 0. The van der Waals surface area contributed by atoms with Gasteiger partial charge in [0.25, 0.3) is 0 Å². The summed E-state index contributed by atoms with van der Waals surface area (Å²) in [5.41, 5.74) is 7.75. The van der Waals surface area contributed by atoms with E-state index < -0.39 is 0 Å². The Morgan fingerprint density at radius 1 is 1.53 bits per heavy atom. The fourth-order valence-electron chi connectivity index (χ4n) is 2.36. The molecule has 2 atom stereocenters. The first-order valence-corrected chi connectivity index (χ1v) is 6.81. The maximum atomic E-state index is 12.3. The Labute approximate surface area is 119 Å². The second kappa shape index (κ2) is 5.67. The van der Waals surface area contributed by atoms with E-state index >= 15 is 0 Å². The minimum Gasteiger partial charge on any atom is -0.392 e. The van der Waals surface area contributed by atoms with Crippen molar-refractivity contribution in [3.63, 3.8) is 0 Å². The summed E-state index contributed by atoms with van der Waals surface area (Å²) in [5.74, 6) is 0.00977. The van der Waals surface area contributed by atoms with E-state index in [2.05, 4.69) is 11.4 Å². The largest absolute Gasteiger partial charge is 0.392 e. The molecule has 19 heavy (non-hydrogen) atoms. The number of thiocarbonyl (C=S) groups is 1. The van der Waals surface area contributed by atoms with Gasteiger partial charge in [-0.05, 0) is 38.4 Å². The predicted octanol–water partition coefficient (Wildman–Crippen LogP) is 1.55. The van der Waals surface area contributed by atoms with Crippen molar-refractivity contribution in [2.24, 2.45) is 5.73 Å². The smallest absolute Gasteiger partial charge is 0.241 e. The number of anilines is 1. The lowest BCUT2D eigenvalue weighted by atomic mass is 10.0. The summed E-state index contributed by atoms with van der Waals surface area (Å²) in [6, 6.07) is 7.62. The highest BCUT2D eigenvalue weighted by molar-refractivity contribution is 7.80. The standard InChI is InChI=1S/C14H19N3OS/c1-9(13(15)19)17(2)12-8-7-10-5-3-4-6-11(10)16-14(12)18/h3-6,9,12H,7-8H2,1-2H3,(H2,15,19)(H,16,18). The van der Waals surface area contributed by atoms with Gasteiger partial charge in [0, 0.05) is 5.69 Å². The highest BCUT2D eigenvalue weighted by atomic mass is 32.1.